The third-order valence-electron chi connectivity index (χ3n) is 2.70. The minimum atomic E-state index is -0.910. The molecule has 2 rings (SSSR count). The zero-order valence-corrected chi connectivity index (χ0v) is 10.6. The van der Waals surface area contributed by atoms with Crippen molar-refractivity contribution >= 4 is 0 Å². The molecule has 0 heterocycles. The standard InChI is InChI=1S/C15H12F2N2O/c16-13-7-11(9-19)8-14(17)15(13)20-12-3-1-10(2-4-12)5-6-18/h1-4,7-8H,5-6,18H2. The lowest BCUT2D eigenvalue weighted by atomic mass is 10.1. The number of nitrogens with two attached hydrogens (primary N) is 1. The summed E-state index contributed by atoms with van der Waals surface area (Å²) in [6, 6.07) is 10.3. The van der Waals surface area contributed by atoms with Gasteiger partial charge in [-0.3, -0.25) is 0 Å². The largest absolute Gasteiger partial charge is 0.451 e. The van der Waals surface area contributed by atoms with E-state index in [-0.39, 0.29) is 5.56 Å². The van der Waals surface area contributed by atoms with Crippen LogP contribution in [0.15, 0.2) is 36.4 Å². The van der Waals surface area contributed by atoms with E-state index in [9.17, 15) is 8.78 Å². The lowest BCUT2D eigenvalue weighted by molar-refractivity contribution is 0.407. The molecule has 0 fully saturated rings. The Hall–Kier alpha value is -2.45. The molecule has 0 saturated heterocycles. The maximum atomic E-state index is 13.7. The predicted molar refractivity (Wildman–Crippen MR) is 70.3 cm³/mol. The lowest BCUT2D eigenvalue weighted by Gasteiger charge is -2.09. The molecule has 2 aromatic rings. The maximum absolute atomic E-state index is 13.7. The van der Waals surface area contributed by atoms with Gasteiger partial charge in [0.05, 0.1) is 11.6 Å². The Kier molecular flexibility index (Phi) is 4.28. The van der Waals surface area contributed by atoms with Gasteiger partial charge in [-0.1, -0.05) is 12.1 Å². The van der Waals surface area contributed by atoms with Crippen LogP contribution in [0.4, 0.5) is 8.78 Å². The van der Waals surface area contributed by atoms with Crippen molar-refractivity contribution < 1.29 is 13.5 Å². The zero-order valence-electron chi connectivity index (χ0n) is 10.6. The van der Waals surface area contributed by atoms with Crippen LogP contribution in [0.5, 0.6) is 11.5 Å². The number of benzene rings is 2. The SMILES string of the molecule is N#Cc1cc(F)c(Oc2ccc(CCN)cc2)c(F)c1. The average Bonchev–Trinajstić information content (AvgIpc) is 2.44. The Balaban J connectivity index is 2.24. The molecule has 3 nitrogen and oxygen atoms in total. The Labute approximate surface area is 115 Å². The van der Waals surface area contributed by atoms with Crippen LogP contribution in [0.2, 0.25) is 0 Å². The zero-order chi connectivity index (χ0) is 14.5. The van der Waals surface area contributed by atoms with Crippen LogP contribution >= 0.6 is 0 Å². The van der Waals surface area contributed by atoms with Gasteiger partial charge in [0.15, 0.2) is 17.4 Å². The first-order valence-corrected chi connectivity index (χ1v) is 6.00. The lowest BCUT2D eigenvalue weighted by Crippen LogP contribution is -2.02. The fourth-order valence-electron chi connectivity index (χ4n) is 1.73. The monoisotopic (exact) mass is 274 g/mol. The van der Waals surface area contributed by atoms with Crippen LogP contribution in [0.25, 0.3) is 0 Å². The van der Waals surface area contributed by atoms with Gasteiger partial charge in [-0.25, -0.2) is 8.78 Å². The van der Waals surface area contributed by atoms with Crippen molar-refractivity contribution in [2.24, 2.45) is 5.73 Å². The number of rotatable bonds is 4. The molecule has 0 bridgehead atoms. The summed E-state index contributed by atoms with van der Waals surface area (Å²) in [5.74, 6) is -2.02. The highest BCUT2D eigenvalue weighted by molar-refractivity contribution is 5.40. The Bertz CT molecular complexity index is 625. The van der Waals surface area contributed by atoms with Gasteiger partial charge in [0.1, 0.15) is 5.75 Å². The second kappa shape index (κ2) is 6.13. The number of nitrogens with zero attached hydrogens (tertiary/aromatic N) is 1. The molecular weight excluding hydrogens is 262 g/mol. The third kappa shape index (κ3) is 3.11. The van der Waals surface area contributed by atoms with Gasteiger partial charge in [0.2, 0.25) is 0 Å². The molecule has 0 spiro atoms. The van der Waals surface area contributed by atoms with Gasteiger partial charge >= 0.3 is 0 Å². The van der Waals surface area contributed by atoms with E-state index in [2.05, 4.69) is 0 Å². The second-order valence-corrected chi connectivity index (χ2v) is 4.17. The molecule has 0 unspecified atom stereocenters. The van der Waals surface area contributed by atoms with Crippen molar-refractivity contribution in [1.29, 1.82) is 5.26 Å². The molecular formula is C15H12F2N2O. The van der Waals surface area contributed by atoms with Crippen LogP contribution in [-0.2, 0) is 6.42 Å². The summed E-state index contributed by atoms with van der Waals surface area (Å²) < 4.78 is 32.5. The topological polar surface area (TPSA) is 59.0 Å². The number of hydrogen-bond donors (Lipinski definition) is 1. The molecule has 0 amide bonds. The molecule has 0 atom stereocenters. The number of hydrogen-bond acceptors (Lipinski definition) is 3. The van der Waals surface area contributed by atoms with Gasteiger partial charge in [0.25, 0.3) is 0 Å². The number of halogens is 2. The van der Waals surface area contributed by atoms with Gasteiger partial charge in [-0.15, -0.1) is 0 Å². The van der Waals surface area contributed by atoms with E-state index in [1.807, 2.05) is 0 Å². The minimum absolute atomic E-state index is 0.0920. The summed E-state index contributed by atoms with van der Waals surface area (Å²) in [4.78, 5) is 0. The molecule has 2 N–H and O–H groups in total. The van der Waals surface area contributed by atoms with Crippen molar-refractivity contribution in [2.45, 2.75) is 6.42 Å². The molecule has 2 aromatic carbocycles. The van der Waals surface area contributed by atoms with Crippen LogP contribution in [0, 0.1) is 23.0 Å². The molecule has 20 heavy (non-hydrogen) atoms. The summed E-state index contributed by atoms with van der Waals surface area (Å²) in [5.41, 5.74) is 6.35. The van der Waals surface area contributed by atoms with Crippen molar-refractivity contribution in [2.75, 3.05) is 6.54 Å². The van der Waals surface area contributed by atoms with E-state index in [1.165, 1.54) is 0 Å². The van der Waals surface area contributed by atoms with E-state index in [4.69, 9.17) is 15.7 Å². The van der Waals surface area contributed by atoms with E-state index in [0.29, 0.717) is 12.3 Å². The number of ether oxygens (including phenoxy) is 1. The second-order valence-electron chi connectivity index (χ2n) is 4.17. The van der Waals surface area contributed by atoms with Gasteiger partial charge in [-0.2, -0.15) is 5.26 Å². The molecule has 102 valence electrons. The van der Waals surface area contributed by atoms with Crippen molar-refractivity contribution in [3.05, 3.63) is 59.2 Å². The Morgan fingerprint density at radius 3 is 2.20 bits per heavy atom. The fourth-order valence-corrected chi connectivity index (χ4v) is 1.73. The molecule has 0 aliphatic carbocycles. The fraction of sp³-hybridized carbons (Fsp3) is 0.133. The highest BCUT2D eigenvalue weighted by Gasteiger charge is 2.13. The van der Waals surface area contributed by atoms with Crippen LogP contribution < -0.4 is 10.5 Å². The molecule has 0 aliphatic rings. The van der Waals surface area contributed by atoms with E-state index < -0.39 is 17.4 Å². The van der Waals surface area contributed by atoms with Crippen molar-refractivity contribution in [1.82, 2.24) is 0 Å². The van der Waals surface area contributed by atoms with Gasteiger partial charge in [-0.05, 0) is 42.8 Å². The molecule has 0 aromatic heterocycles. The molecule has 5 heteroatoms. The maximum Gasteiger partial charge on any atom is 0.198 e. The van der Waals surface area contributed by atoms with E-state index in [1.54, 1.807) is 30.3 Å². The van der Waals surface area contributed by atoms with Crippen LogP contribution in [0.1, 0.15) is 11.1 Å². The third-order valence-corrected chi connectivity index (χ3v) is 2.70. The van der Waals surface area contributed by atoms with Gasteiger partial charge in [0, 0.05) is 0 Å². The van der Waals surface area contributed by atoms with Gasteiger partial charge < -0.3 is 10.5 Å². The van der Waals surface area contributed by atoms with Crippen molar-refractivity contribution in [3.8, 4) is 17.6 Å². The van der Waals surface area contributed by atoms with Crippen LogP contribution in [0.3, 0.4) is 0 Å². The first kappa shape index (κ1) is 14.0. The molecule has 0 radical (unpaired) electrons. The predicted octanol–water partition coefficient (Wildman–Crippen LogP) is 3.13. The van der Waals surface area contributed by atoms with Crippen LogP contribution in [-0.4, -0.2) is 6.54 Å². The highest BCUT2D eigenvalue weighted by Crippen LogP contribution is 2.28. The quantitative estimate of drug-likeness (QED) is 0.931. The molecule has 0 aliphatic heterocycles. The Morgan fingerprint density at radius 1 is 1.10 bits per heavy atom. The van der Waals surface area contributed by atoms with Crippen molar-refractivity contribution in [3.63, 3.8) is 0 Å². The van der Waals surface area contributed by atoms with E-state index in [0.717, 1.165) is 24.1 Å². The highest BCUT2D eigenvalue weighted by atomic mass is 19.1. The normalized spacial score (nSPS) is 10.1. The summed E-state index contributed by atoms with van der Waals surface area (Å²) >= 11 is 0. The van der Waals surface area contributed by atoms with E-state index >= 15 is 0 Å². The molecule has 0 saturated carbocycles. The average molecular weight is 274 g/mol. The Morgan fingerprint density at radius 2 is 1.70 bits per heavy atom. The minimum Gasteiger partial charge on any atom is -0.451 e. The first-order valence-electron chi connectivity index (χ1n) is 6.00. The number of nitriles is 1. The summed E-state index contributed by atoms with van der Waals surface area (Å²) in [6.07, 6.45) is 0.722. The summed E-state index contributed by atoms with van der Waals surface area (Å²) in [6.45, 7) is 0.527. The smallest absolute Gasteiger partial charge is 0.198 e. The summed E-state index contributed by atoms with van der Waals surface area (Å²) in [5, 5.41) is 8.61. The summed E-state index contributed by atoms with van der Waals surface area (Å²) in [7, 11) is 0. The first-order chi connectivity index (χ1) is 9.63.